The summed E-state index contributed by atoms with van der Waals surface area (Å²) in [4.78, 5) is 20.8. The zero-order valence-corrected chi connectivity index (χ0v) is 20.2. The molecule has 1 unspecified atom stereocenters. The van der Waals surface area contributed by atoms with E-state index in [1.54, 1.807) is 0 Å². The van der Waals surface area contributed by atoms with Crippen molar-refractivity contribution in [2.45, 2.75) is 44.6 Å². The number of nitrogens with zero attached hydrogens (tertiary/aromatic N) is 3. The highest BCUT2D eigenvalue weighted by Crippen LogP contribution is 2.22. The maximum Gasteiger partial charge on any atom is 0.241 e. The summed E-state index contributed by atoms with van der Waals surface area (Å²) in [6.07, 6.45) is 2.89. The zero-order chi connectivity index (χ0) is 23.0. The number of piperidine rings is 1. The third-order valence-corrected chi connectivity index (χ3v) is 6.99. The number of aryl methyl sites for hydroxylation is 2. The van der Waals surface area contributed by atoms with E-state index in [9.17, 15) is 4.79 Å². The van der Waals surface area contributed by atoms with Crippen LogP contribution in [0.5, 0.6) is 0 Å². The molecule has 33 heavy (non-hydrogen) atoms. The van der Waals surface area contributed by atoms with Gasteiger partial charge in [-0.25, -0.2) is 0 Å². The maximum absolute atomic E-state index is 12.7. The van der Waals surface area contributed by atoms with E-state index < -0.39 is 0 Å². The van der Waals surface area contributed by atoms with Gasteiger partial charge in [-0.05, 0) is 63.6 Å². The van der Waals surface area contributed by atoms with Gasteiger partial charge < -0.3 is 9.84 Å². The molecule has 1 amide bonds. The lowest BCUT2D eigenvalue weighted by atomic mass is 9.97. The van der Waals surface area contributed by atoms with Gasteiger partial charge in [-0.3, -0.25) is 9.69 Å². The van der Waals surface area contributed by atoms with Crippen LogP contribution in [0.2, 0.25) is 0 Å². The highest BCUT2D eigenvalue weighted by molar-refractivity contribution is 7.99. The number of carbonyl (C=O) groups is 1. The first-order valence-corrected chi connectivity index (χ1v) is 12.6. The molecular formula is C26H32N4O2S. The summed E-state index contributed by atoms with van der Waals surface area (Å²) >= 11 is 1.84. The number of carbonyl (C=O) groups excluding carboxylic acids is 1. The minimum atomic E-state index is 0.0164. The van der Waals surface area contributed by atoms with Crippen molar-refractivity contribution < 1.29 is 9.32 Å². The number of nitrogens with one attached hydrogen (secondary N) is 1. The Labute approximate surface area is 200 Å². The van der Waals surface area contributed by atoms with Crippen LogP contribution in [0.1, 0.15) is 36.3 Å². The Kier molecular flexibility index (Phi) is 8.18. The van der Waals surface area contributed by atoms with Crippen molar-refractivity contribution in [2.75, 3.05) is 25.4 Å². The molecule has 1 aromatic heterocycles. The van der Waals surface area contributed by atoms with Gasteiger partial charge in [-0.2, -0.15) is 4.98 Å². The molecule has 1 atom stereocenters. The van der Waals surface area contributed by atoms with Gasteiger partial charge in [0.2, 0.25) is 17.6 Å². The molecule has 2 aromatic carbocycles. The van der Waals surface area contributed by atoms with Crippen LogP contribution in [0.3, 0.4) is 0 Å². The number of amides is 1. The van der Waals surface area contributed by atoms with E-state index in [2.05, 4.69) is 57.6 Å². The van der Waals surface area contributed by atoms with Crippen molar-refractivity contribution in [3.05, 3.63) is 65.5 Å². The molecule has 3 aromatic rings. The van der Waals surface area contributed by atoms with Gasteiger partial charge in [-0.1, -0.05) is 46.6 Å². The molecule has 1 aliphatic heterocycles. The summed E-state index contributed by atoms with van der Waals surface area (Å²) in [6, 6.07) is 16.7. The van der Waals surface area contributed by atoms with Gasteiger partial charge in [-0.15, -0.1) is 11.8 Å². The van der Waals surface area contributed by atoms with Crippen molar-refractivity contribution in [3.63, 3.8) is 0 Å². The second-order valence-electron chi connectivity index (χ2n) is 8.76. The fraction of sp³-hybridized carbons (Fsp3) is 0.423. The first-order chi connectivity index (χ1) is 16.1. The number of rotatable bonds is 9. The number of hydrogen-bond donors (Lipinski definition) is 1. The SMILES string of the molecule is Cc1ccc(SCCCNC(=O)C2CCCN(Cc3nc(-c4cccc(C)c4)no3)C2)cc1. The van der Waals surface area contributed by atoms with Crippen molar-refractivity contribution in [2.24, 2.45) is 5.92 Å². The van der Waals surface area contributed by atoms with E-state index in [0.29, 0.717) is 18.3 Å². The van der Waals surface area contributed by atoms with Crippen LogP contribution >= 0.6 is 11.8 Å². The molecule has 1 aliphatic rings. The minimum Gasteiger partial charge on any atom is -0.356 e. The molecule has 6 nitrogen and oxygen atoms in total. The van der Waals surface area contributed by atoms with Gasteiger partial charge in [0.05, 0.1) is 12.5 Å². The summed E-state index contributed by atoms with van der Waals surface area (Å²) in [6.45, 7) is 7.12. The summed E-state index contributed by atoms with van der Waals surface area (Å²) in [5, 5.41) is 7.27. The predicted molar refractivity (Wildman–Crippen MR) is 132 cm³/mol. The van der Waals surface area contributed by atoms with Crippen molar-refractivity contribution in [3.8, 4) is 11.4 Å². The van der Waals surface area contributed by atoms with Crippen molar-refractivity contribution >= 4 is 17.7 Å². The number of hydrogen-bond acceptors (Lipinski definition) is 6. The van der Waals surface area contributed by atoms with Gasteiger partial charge >= 0.3 is 0 Å². The van der Waals surface area contributed by atoms with Crippen LogP contribution in [0.25, 0.3) is 11.4 Å². The molecule has 1 fully saturated rings. The average molecular weight is 465 g/mol. The van der Waals surface area contributed by atoms with Gasteiger partial charge in [0.25, 0.3) is 0 Å². The highest BCUT2D eigenvalue weighted by atomic mass is 32.2. The molecule has 1 N–H and O–H groups in total. The number of thioether (sulfide) groups is 1. The van der Waals surface area contributed by atoms with E-state index in [1.165, 1.54) is 10.5 Å². The van der Waals surface area contributed by atoms with E-state index in [-0.39, 0.29) is 11.8 Å². The molecule has 4 rings (SSSR count). The minimum absolute atomic E-state index is 0.0164. The second kappa shape index (κ2) is 11.5. The fourth-order valence-corrected chi connectivity index (χ4v) is 4.93. The topological polar surface area (TPSA) is 71.3 Å². The molecule has 1 saturated heterocycles. The first kappa shape index (κ1) is 23.5. The lowest BCUT2D eigenvalue weighted by molar-refractivity contribution is -0.126. The third kappa shape index (κ3) is 6.92. The molecule has 0 saturated carbocycles. The third-order valence-electron chi connectivity index (χ3n) is 5.89. The number of likely N-dealkylation sites (tertiary alicyclic amines) is 1. The smallest absolute Gasteiger partial charge is 0.241 e. The monoisotopic (exact) mass is 464 g/mol. The summed E-state index contributed by atoms with van der Waals surface area (Å²) in [7, 11) is 0. The van der Waals surface area contributed by atoms with Crippen LogP contribution in [0.4, 0.5) is 0 Å². The van der Waals surface area contributed by atoms with E-state index >= 15 is 0 Å². The first-order valence-electron chi connectivity index (χ1n) is 11.7. The van der Waals surface area contributed by atoms with Gasteiger partial charge in [0, 0.05) is 23.5 Å². The fourth-order valence-electron chi connectivity index (χ4n) is 4.08. The summed E-state index contributed by atoms with van der Waals surface area (Å²) in [5.41, 5.74) is 3.40. The Morgan fingerprint density at radius 1 is 1.18 bits per heavy atom. The van der Waals surface area contributed by atoms with E-state index in [0.717, 1.165) is 55.8 Å². The van der Waals surface area contributed by atoms with Crippen LogP contribution in [0.15, 0.2) is 57.9 Å². The summed E-state index contributed by atoms with van der Waals surface area (Å²) in [5.74, 6) is 2.39. The number of aromatic nitrogens is 2. The van der Waals surface area contributed by atoms with E-state index in [4.69, 9.17) is 4.52 Å². The average Bonchev–Trinajstić information content (AvgIpc) is 3.28. The van der Waals surface area contributed by atoms with Gasteiger partial charge in [0.1, 0.15) is 0 Å². The Morgan fingerprint density at radius 3 is 2.85 bits per heavy atom. The van der Waals surface area contributed by atoms with Gasteiger partial charge in [0.15, 0.2) is 0 Å². The Hall–Kier alpha value is -2.64. The molecule has 0 bridgehead atoms. The molecule has 0 radical (unpaired) electrons. The van der Waals surface area contributed by atoms with Crippen LogP contribution in [0, 0.1) is 19.8 Å². The Balaban J connectivity index is 1.19. The predicted octanol–water partition coefficient (Wildman–Crippen LogP) is 4.86. The molecular weight excluding hydrogens is 432 g/mol. The molecule has 2 heterocycles. The quantitative estimate of drug-likeness (QED) is 0.360. The summed E-state index contributed by atoms with van der Waals surface area (Å²) < 4.78 is 5.49. The number of benzene rings is 2. The van der Waals surface area contributed by atoms with Crippen LogP contribution < -0.4 is 5.32 Å². The normalized spacial score (nSPS) is 16.6. The van der Waals surface area contributed by atoms with Crippen molar-refractivity contribution in [1.82, 2.24) is 20.4 Å². The standard InChI is InChI=1S/C26H32N4O2S/c1-19-9-11-23(12-10-19)33-15-5-13-27-26(31)22-8-4-14-30(17-22)18-24-28-25(29-32-24)21-7-3-6-20(2)16-21/h3,6-7,9-12,16,22H,4-5,8,13-15,17-18H2,1-2H3,(H,27,31). The van der Waals surface area contributed by atoms with Crippen LogP contribution in [-0.2, 0) is 11.3 Å². The van der Waals surface area contributed by atoms with Crippen molar-refractivity contribution in [1.29, 1.82) is 0 Å². The molecule has 174 valence electrons. The van der Waals surface area contributed by atoms with E-state index in [1.807, 2.05) is 36.9 Å². The largest absolute Gasteiger partial charge is 0.356 e. The highest BCUT2D eigenvalue weighted by Gasteiger charge is 2.26. The lowest BCUT2D eigenvalue weighted by Crippen LogP contribution is -2.43. The zero-order valence-electron chi connectivity index (χ0n) is 19.4. The second-order valence-corrected chi connectivity index (χ2v) is 9.93. The lowest BCUT2D eigenvalue weighted by Gasteiger charge is -2.30. The Bertz CT molecular complexity index is 1050. The Morgan fingerprint density at radius 2 is 2.03 bits per heavy atom. The molecule has 0 aliphatic carbocycles. The van der Waals surface area contributed by atoms with Crippen LogP contribution in [-0.4, -0.2) is 46.3 Å². The molecule has 7 heteroatoms. The maximum atomic E-state index is 12.7. The molecule has 0 spiro atoms.